The average molecular weight is 627 g/mol. The summed E-state index contributed by atoms with van der Waals surface area (Å²) in [6.07, 6.45) is 2.94. The smallest absolute Gasteiger partial charge is 0.338 e. The van der Waals surface area contributed by atoms with Crippen LogP contribution in [0.2, 0.25) is 10.3 Å². The Morgan fingerprint density at radius 2 is 1.28 bits per heavy atom. The van der Waals surface area contributed by atoms with E-state index in [1.165, 1.54) is 24.5 Å². The van der Waals surface area contributed by atoms with Crippen LogP contribution in [0.3, 0.4) is 0 Å². The minimum Gasteiger partial charge on any atom is -0.478 e. The number of hydrogen-bond donors (Lipinski definition) is 3. The predicted molar refractivity (Wildman–Crippen MR) is 163 cm³/mol. The molecule has 0 spiro atoms. The van der Waals surface area contributed by atoms with Gasteiger partial charge in [0, 0.05) is 23.8 Å². The number of nitrogens with zero attached hydrogens (tertiary/aromatic N) is 2. The minimum atomic E-state index is -1.06. The quantitative estimate of drug-likeness (QED) is 0.125. The standard InChI is InChI=1S/C15H13ClN2O3.C9H11NO2.C6H4ClNO2/c1-2-21-15(20)10-5-3-6-11(9-10)18-14(19)12-7-4-8-17-13(12)16;1-2-12-9(11)7-4-3-5-8(10)6-7;7-5-4(6(9)10)2-1-3-8-5/h3-9H,2H2,1H3,(H,18,19);3-6H,2,10H2,1H3;1-3H,(H,9,10). The molecule has 0 aliphatic heterocycles. The molecule has 4 aromatic rings. The topological polar surface area (TPSA) is 171 Å². The summed E-state index contributed by atoms with van der Waals surface area (Å²) in [6, 6.07) is 19.3. The highest BCUT2D eigenvalue weighted by molar-refractivity contribution is 6.33. The number of esters is 2. The molecule has 224 valence electrons. The number of carboxylic acid groups (broad SMARTS) is 1. The van der Waals surface area contributed by atoms with E-state index < -0.39 is 17.8 Å². The van der Waals surface area contributed by atoms with Crippen molar-refractivity contribution < 1.29 is 33.8 Å². The van der Waals surface area contributed by atoms with Crippen molar-refractivity contribution in [2.24, 2.45) is 0 Å². The van der Waals surface area contributed by atoms with E-state index in [2.05, 4.69) is 15.3 Å². The first-order chi connectivity index (χ1) is 20.6. The molecule has 0 saturated heterocycles. The largest absolute Gasteiger partial charge is 0.478 e. The maximum absolute atomic E-state index is 12.1. The van der Waals surface area contributed by atoms with Gasteiger partial charge < -0.3 is 25.6 Å². The van der Waals surface area contributed by atoms with E-state index >= 15 is 0 Å². The fraction of sp³-hybridized carbons (Fsp3) is 0.133. The van der Waals surface area contributed by atoms with Crippen LogP contribution in [0.1, 0.15) is 55.3 Å². The number of rotatable bonds is 7. The van der Waals surface area contributed by atoms with Gasteiger partial charge in [0.15, 0.2) is 0 Å². The third-order valence-electron chi connectivity index (χ3n) is 5.02. The van der Waals surface area contributed by atoms with Crippen molar-refractivity contribution in [2.45, 2.75) is 13.8 Å². The Hall–Kier alpha value is -5.00. The number of carbonyl (C=O) groups is 4. The summed E-state index contributed by atoms with van der Waals surface area (Å²) in [5.41, 5.74) is 7.69. The van der Waals surface area contributed by atoms with Gasteiger partial charge >= 0.3 is 17.9 Å². The summed E-state index contributed by atoms with van der Waals surface area (Å²) in [5, 5.41) is 11.3. The Labute approximate surface area is 257 Å². The van der Waals surface area contributed by atoms with Gasteiger partial charge in [0.2, 0.25) is 0 Å². The number of ether oxygens (including phenoxy) is 2. The zero-order chi connectivity index (χ0) is 31.8. The highest BCUT2D eigenvalue weighted by atomic mass is 35.5. The number of nitrogens with one attached hydrogen (secondary N) is 1. The van der Waals surface area contributed by atoms with Gasteiger partial charge in [0.1, 0.15) is 10.3 Å². The second-order valence-corrected chi connectivity index (χ2v) is 8.81. The predicted octanol–water partition coefficient (Wildman–Crippen LogP) is 6.04. The summed E-state index contributed by atoms with van der Waals surface area (Å²) in [7, 11) is 0. The Kier molecular flexibility index (Phi) is 14.1. The van der Waals surface area contributed by atoms with Crippen molar-refractivity contribution in [3.05, 3.63) is 118 Å². The van der Waals surface area contributed by atoms with Crippen LogP contribution < -0.4 is 11.1 Å². The molecule has 13 heteroatoms. The molecule has 0 fully saturated rings. The molecule has 0 aliphatic rings. The van der Waals surface area contributed by atoms with Gasteiger partial charge in [-0.1, -0.05) is 35.3 Å². The number of aromatic carboxylic acids is 1. The molecule has 0 radical (unpaired) electrons. The lowest BCUT2D eigenvalue weighted by atomic mass is 10.2. The zero-order valence-electron chi connectivity index (χ0n) is 23.1. The summed E-state index contributed by atoms with van der Waals surface area (Å²) in [4.78, 5) is 52.6. The third-order valence-corrected chi connectivity index (χ3v) is 5.62. The van der Waals surface area contributed by atoms with Crippen LogP contribution in [0.5, 0.6) is 0 Å². The van der Waals surface area contributed by atoms with E-state index in [1.807, 2.05) is 0 Å². The Balaban J connectivity index is 0.000000248. The number of carbonyl (C=O) groups excluding carboxylic acids is 3. The van der Waals surface area contributed by atoms with Crippen LogP contribution in [0, 0.1) is 0 Å². The number of pyridine rings is 2. The summed E-state index contributed by atoms with van der Waals surface area (Å²) in [5.74, 6) is -2.22. The number of aromatic nitrogens is 2. The Morgan fingerprint density at radius 3 is 1.74 bits per heavy atom. The van der Waals surface area contributed by atoms with Crippen LogP contribution in [0.25, 0.3) is 0 Å². The average Bonchev–Trinajstić information content (AvgIpc) is 2.98. The zero-order valence-corrected chi connectivity index (χ0v) is 24.6. The number of halogens is 2. The van der Waals surface area contributed by atoms with E-state index in [4.69, 9.17) is 43.5 Å². The van der Waals surface area contributed by atoms with Crippen molar-refractivity contribution in [3.8, 4) is 0 Å². The van der Waals surface area contributed by atoms with Gasteiger partial charge in [0.05, 0.1) is 35.5 Å². The first-order valence-corrected chi connectivity index (χ1v) is 13.4. The van der Waals surface area contributed by atoms with Crippen molar-refractivity contribution in [1.82, 2.24) is 9.97 Å². The normalized spacial score (nSPS) is 9.67. The Morgan fingerprint density at radius 1 is 0.767 bits per heavy atom. The Bertz CT molecular complexity index is 1570. The highest BCUT2D eigenvalue weighted by Crippen LogP contribution is 2.16. The molecule has 2 aromatic carbocycles. The second kappa shape index (κ2) is 17.7. The minimum absolute atomic E-state index is 0.0231. The van der Waals surface area contributed by atoms with Gasteiger partial charge in [-0.2, -0.15) is 0 Å². The molecular formula is C30H28Cl2N4O7. The van der Waals surface area contributed by atoms with E-state index in [-0.39, 0.29) is 27.4 Å². The van der Waals surface area contributed by atoms with Crippen molar-refractivity contribution >= 4 is 58.4 Å². The molecule has 2 aromatic heterocycles. The number of benzene rings is 2. The van der Waals surface area contributed by atoms with Crippen LogP contribution >= 0.6 is 23.2 Å². The first-order valence-electron chi connectivity index (χ1n) is 12.6. The van der Waals surface area contributed by atoms with E-state index in [9.17, 15) is 19.2 Å². The number of amides is 1. The number of carboxylic acids is 1. The molecule has 0 unspecified atom stereocenters. The number of nitrogens with two attached hydrogens (primary N) is 1. The van der Waals surface area contributed by atoms with Crippen LogP contribution in [-0.4, -0.2) is 52.1 Å². The van der Waals surface area contributed by atoms with E-state index in [0.29, 0.717) is 35.7 Å². The molecular weight excluding hydrogens is 599 g/mol. The van der Waals surface area contributed by atoms with Gasteiger partial charge in [-0.3, -0.25) is 4.79 Å². The molecule has 1 amide bonds. The number of anilines is 2. The van der Waals surface area contributed by atoms with Gasteiger partial charge in [-0.25, -0.2) is 24.4 Å². The van der Waals surface area contributed by atoms with Crippen LogP contribution in [0.15, 0.2) is 85.2 Å². The lowest BCUT2D eigenvalue weighted by Gasteiger charge is -2.08. The maximum Gasteiger partial charge on any atom is 0.338 e. The van der Waals surface area contributed by atoms with Crippen molar-refractivity contribution in [3.63, 3.8) is 0 Å². The molecule has 0 saturated carbocycles. The SMILES string of the molecule is CCOC(=O)c1cccc(N)c1.CCOC(=O)c1cccc(NC(=O)c2cccnc2Cl)c1.O=C(O)c1cccnc1Cl. The maximum atomic E-state index is 12.1. The molecule has 2 heterocycles. The van der Waals surface area contributed by atoms with Crippen LogP contribution in [0.4, 0.5) is 11.4 Å². The molecule has 0 atom stereocenters. The molecule has 0 bridgehead atoms. The van der Waals surface area contributed by atoms with Crippen molar-refractivity contribution in [1.29, 1.82) is 0 Å². The van der Waals surface area contributed by atoms with Gasteiger partial charge in [-0.15, -0.1) is 0 Å². The van der Waals surface area contributed by atoms with E-state index in [1.54, 1.807) is 74.5 Å². The molecule has 4 N–H and O–H groups in total. The van der Waals surface area contributed by atoms with Gasteiger partial charge in [-0.05, 0) is 74.5 Å². The summed E-state index contributed by atoms with van der Waals surface area (Å²) in [6.45, 7) is 4.17. The number of hydrogen-bond acceptors (Lipinski definition) is 9. The number of nitrogen functional groups attached to an aromatic ring is 1. The molecule has 4 rings (SSSR count). The first kappa shape index (κ1) is 34.2. The highest BCUT2D eigenvalue weighted by Gasteiger charge is 2.13. The molecule has 11 nitrogen and oxygen atoms in total. The van der Waals surface area contributed by atoms with Crippen LogP contribution in [-0.2, 0) is 9.47 Å². The molecule has 0 aliphatic carbocycles. The summed E-state index contributed by atoms with van der Waals surface area (Å²) >= 11 is 11.3. The lowest BCUT2D eigenvalue weighted by Crippen LogP contribution is -2.13. The fourth-order valence-corrected chi connectivity index (χ4v) is 3.52. The van der Waals surface area contributed by atoms with Crippen molar-refractivity contribution in [2.75, 3.05) is 24.3 Å². The summed E-state index contributed by atoms with van der Waals surface area (Å²) < 4.78 is 9.70. The van der Waals surface area contributed by atoms with E-state index in [0.717, 1.165) is 0 Å². The molecule has 43 heavy (non-hydrogen) atoms. The third kappa shape index (κ3) is 11.4. The fourth-order valence-electron chi connectivity index (χ4n) is 3.12. The second-order valence-electron chi connectivity index (χ2n) is 8.09. The van der Waals surface area contributed by atoms with Gasteiger partial charge in [0.25, 0.3) is 5.91 Å². The monoisotopic (exact) mass is 626 g/mol. The lowest BCUT2D eigenvalue weighted by molar-refractivity contribution is 0.0517.